The highest BCUT2D eigenvalue weighted by Gasteiger charge is 2.23. The van der Waals surface area contributed by atoms with Crippen LogP contribution in [0.4, 0.5) is 10.5 Å². The van der Waals surface area contributed by atoms with Crippen molar-refractivity contribution in [1.29, 1.82) is 5.26 Å². The number of nitrogens with one attached hydrogen (secondary N) is 1. The molecule has 1 aliphatic rings. The number of carbonyl (C=O) groups excluding carboxylic acids is 1. The molecule has 2 amide bonds. The van der Waals surface area contributed by atoms with Crippen LogP contribution in [0, 0.1) is 11.3 Å². The minimum absolute atomic E-state index is 0.0516. The zero-order valence-electron chi connectivity index (χ0n) is 11.4. The second-order valence-electron chi connectivity index (χ2n) is 4.68. The van der Waals surface area contributed by atoms with Gasteiger partial charge in [-0.3, -0.25) is 0 Å². The summed E-state index contributed by atoms with van der Waals surface area (Å²) in [5, 5.41) is 11.9. The highest BCUT2D eigenvalue weighted by atomic mass is 16.5. The first kappa shape index (κ1) is 14.2. The quantitative estimate of drug-likeness (QED) is 0.874. The maximum Gasteiger partial charge on any atom is 0.321 e. The minimum atomic E-state index is -0.189. The fraction of sp³-hybridized carbons (Fsp3) is 0.429. The summed E-state index contributed by atoms with van der Waals surface area (Å²) in [5.74, 6) is 0.524. The van der Waals surface area contributed by atoms with Crippen LogP contribution in [0.1, 0.15) is 18.9 Å². The van der Waals surface area contributed by atoms with E-state index in [1.807, 2.05) is 6.92 Å². The highest BCUT2D eigenvalue weighted by Crippen LogP contribution is 2.22. The Kier molecular flexibility index (Phi) is 4.43. The predicted molar refractivity (Wildman–Crippen MR) is 75.5 cm³/mol. The molecule has 106 valence electrons. The van der Waals surface area contributed by atoms with Gasteiger partial charge in [0, 0.05) is 24.8 Å². The van der Waals surface area contributed by atoms with E-state index >= 15 is 0 Å². The standard InChI is InChI=1S/C14H18N4O2/c1-2-20-13-4-3-12(7-10(13)8-15)17-14(19)18-6-5-11(16)9-18/h3-4,7,11H,2,5-6,9,16H2,1H3,(H,17,19). The Morgan fingerprint density at radius 2 is 2.45 bits per heavy atom. The van der Waals surface area contributed by atoms with Crippen molar-refractivity contribution in [2.75, 3.05) is 25.0 Å². The van der Waals surface area contributed by atoms with Crippen LogP contribution >= 0.6 is 0 Å². The molecule has 2 rings (SSSR count). The number of hydrogen-bond donors (Lipinski definition) is 2. The van der Waals surface area contributed by atoms with E-state index in [0.29, 0.717) is 36.7 Å². The Morgan fingerprint density at radius 1 is 1.65 bits per heavy atom. The molecule has 1 fully saturated rings. The maximum atomic E-state index is 12.0. The third-order valence-corrected chi connectivity index (χ3v) is 3.16. The number of carbonyl (C=O) groups is 1. The summed E-state index contributed by atoms with van der Waals surface area (Å²) in [6.07, 6.45) is 0.820. The summed E-state index contributed by atoms with van der Waals surface area (Å²) in [7, 11) is 0. The van der Waals surface area contributed by atoms with Gasteiger partial charge in [-0.2, -0.15) is 5.26 Å². The van der Waals surface area contributed by atoms with Crippen molar-refractivity contribution in [3.05, 3.63) is 23.8 Å². The lowest BCUT2D eigenvalue weighted by molar-refractivity contribution is 0.222. The number of urea groups is 1. The maximum absolute atomic E-state index is 12.0. The highest BCUT2D eigenvalue weighted by molar-refractivity contribution is 5.89. The number of benzene rings is 1. The van der Waals surface area contributed by atoms with Crippen LogP contribution in [0.3, 0.4) is 0 Å². The van der Waals surface area contributed by atoms with Gasteiger partial charge >= 0.3 is 6.03 Å². The molecule has 0 bridgehead atoms. The number of ether oxygens (including phenoxy) is 1. The molecule has 0 spiro atoms. The van der Waals surface area contributed by atoms with Crippen LogP contribution in [-0.4, -0.2) is 36.7 Å². The zero-order valence-corrected chi connectivity index (χ0v) is 11.4. The van der Waals surface area contributed by atoms with Crippen LogP contribution in [0.2, 0.25) is 0 Å². The Labute approximate surface area is 118 Å². The second-order valence-corrected chi connectivity index (χ2v) is 4.68. The summed E-state index contributed by atoms with van der Waals surface area (Å²) in [6, 6.07) is 6.94. The van der Waals surface area contributed by atoms with Gasteiger partial charge in [0.05, 0.1) is 12.2 Å². The van der Waals surface area contributed by atoms with Gasteiger partial charge in [-0.1, -0.05) is 0 Å². The summed E-state index contributed by atoms with van der Waals surface area (Å²) in [5.41, 5.74) is 6.76. The molecule has 1 unspecified atom stereocenters. The van der Waals surface area contributed by atoms with Crippen LogP contribution in [0.25, 0.3) is 0 Å². The lowest BCUT2D eigenvalue weighted by atomic mass is 10.2. The summed E-state index contributed by atoms with van der Waals surface area (Å²) in [6.45, 7) is 3.57. The lowest BCUT2D eigenvalue weighted by Gasteiger charge is -2.17. The van der Waals surface area contributed by atoms with Crippen LogP contribution in [-0.2, 0) is 0 Å². The normalized spacial score (nSPS) is 17.6. The monoisotopic (exact) mass is 274 g/mol. The van der Waals surface area contributed by atoms with E-state index in [1.54, 1.807) is 23.1 Å². The van der Waals surface area contributed by atoms with Crippen LogP contribution in [0.5, 0.6) is 5.75 Å². The molecule has 1 atom stereocenters. The molecular formula is C14H18N4O2. The zero-order chi connectivity index (χ0) is 14.5. The lowest BCUT2D eigenvalue weighted by Crippen LogP contribution is -2.35. The number of nitrogens with zero attached hydrogens (tertiary/aromatic N) is 2. The second kappa shape index (κ2) is 6.26. The van der Waals surface area contributed by atoms with Crippen molar-refractivity contribution in [2.45, 2.75) is 19.4 Å². The van der Waals surface area contributed by atoms with Gasteiger partial charge < -0.3 is 20.7 Å². The van der Waals surface area contributed by atoms with E-state index in [1.165, 1.54) is 0 Å². The molecule has 6 nitrogen and oxygen atoms in total. The van der Waals surface area contributed by atoms with Crippen molar-refractivity contribution in [2.24, 2.45) is 5.73 Å². The first-order valence-corrected chi connectivity index (χ1v) is 6.62. The van der Waals surface area contributed by atoms with E-state index in [9.17, 15) is 4.79 Å². The fourth-order valence-electron chi connectivity index (χ4n) is 2.15. The number of nitrogens with two attached hydrogens (primary N) is 1. The van der Waals surface area contributed by atoms with Gasteiger partial charge in [0.1, 0.15) is 11.8 Å². The van der Waals surface area contributed by atoms with Crippen molar-refractivity contribution in [3.8, 4) is 11.8 Å². The third-order valence-electron chi connectivity index (χ3n) is 3.16. The third kappa shape index (κ3) is 3.19. The molecule has 0 radical (unpaired) electrons. The average molecular weight is 274 g/mol. The molecule has 1 aromatic rings. The molecule has 1 aromatic carbocycles. The van der Waals surface area contributed by atoms with Crippen LogP contribution in [0.15, 0.2) is 18.2 Å². The molecule has 1 heterocycles. The first-order valence-electron chi connectivity index (χ1n) is 6.62. The van der Waals surface area contributed by atoms with E-state index in [2.05, 4.69) is 11.4 Å². The van der Waals surface area contributed by atoms with Gasteiger partial charge in [0.25, 0.3) is 0 Å². The molecule has 20 heavy (non-hydrogen) atoms. The van der Waals surface area contributed by atoms with E-state index in [-0.39, 0.29) is 12.1 Å². The largest absolute Gasteiger partial charge is 0.492 e. The Morgan fingerprint density at radius 3 is 3.05 bits per heavy atom. The Bertz CT molecular complexity index is 538. The van der Waals surface area contributed by atoms with E-state index in [0.717, 1.165) is 6.42 Å². The number of hydrogen-bond acceptors (Lipinski definition) is 4. The van der Waals surface area contributed by atoms with Gasteiger partial charge in [-0.25, -0.2) is 4.79 Å². The molecule has 3 N–H and O–H groups in total. The summed E-state index contributed by atoms with van der Waals surface area (Å²) in [4.78, 5) is 13.7. The van der Waals surface area contributed by atoms with Crippen LogP contribution < -0.4 is 15.8 Å². The molecule has 6 heteroatoms. The number of rotatable bonds is 3. The first-order chi connectivity index (χ1) is 9.63. The predicted octanol–water partition coefficient (Wildman–Crippen LogP) is 1.52. The molecule has 0 aliphatic carbocycles. The molecule has 0 aromatic heterocycles. The number of anilines is 1. The Hall–Kier alpha value is -2.26. The van der Waals surface area contributed by atoms with Crippen molar-refractivity contribution in [3.63, 3.8) is 0 Å². The minimum Gasteiger partial charge on any atom is -0.492 e. The van der Waals surface area contributed by atoms with Gasteiger partial charge in [0.2, 0.25) is 0 Å². The smallest absolute Gasteiger partial charge is 0.321 e. The van der Waals surface area contributed by atoms with E-state index < -0.39 is 0 Å². The molecular weight excluding hydrogens is 256 g/mol. The SMILES string of the molecule is CCOc1ccc(NC(=O)N2CCC(N)C2)cc1C#N. The van der Waals surface area contributed by atoms with E-state index in [4.69, 9.17) is 15.7 Å². The number of likely N-dealkylation sites (tertiary alicyclic amines) is 1. The van der Waals surface area contributed by atoms with Gasteiger partial charge in [0.15, 0.2) is 0 Å². The van der Waals surface area contributed by atoms with Crippen molar-refractivity contribution in [1.82, 2.24) is 4.90 Å². The topological polar surface area (TPSA) is 91.4 Å². The number of amides is 2. The fourth-order valence-corrected chi connectivity index (χ4v) is 2.15. The van der Waals surface area contributed by atoms with Gasteiger partial charge in [-0.05, 0) is 31.5 Å². The molecule has 1 aliphatic heterocycles. The van der Waals surface area contributed by atoms with Crippen molar-refractivity contribution < 1.29 is 9.53 Å². The molecule has 0 saturated carbocycles. The average Bonchev–Trinajstić information content (AvgIpc) is 2.87. The van der Waals surface area contributed by atoms with Gasteiger partial charge in [-0.15, -0.1) is 0 Å². The Balaban J connectivity index is 2.06. The summed E-state index contributed by atoms with van der Waals surface area (Å²) < 4.78 is 5.34. The summed E-state index contributed by atoms with van der Waals surface area (Å²) >= 11 is 0. The van der Waals surface area contributed by atoms with Crippen molar-refractivity contribution >= 4 is 11.7 Å². The number of nitriles is 1. The molecule has 1 saturated heterocycles.